The maximum Gasteiger partial charge on any atom is 0.126 e. The van der Waals surface area contributed by atoms with Crippen LogP contribution >= 0.6 is 11.6 Å². The second-order valence-electron chi connectivity index (χ2n) is 3.87. The minimum Gasteiger partial charge on any atom is -0.370 e. The van der Waals surface area contributed by atoms with Crippen LogP contribution in [0.15, 0.2) is 24.5 Å². The molecule has 5 heteroatoms. The summed E-state index contributed by atoms with van der Waals surface area (Å²) in [5.74, 6) is 0.843. The maximum absolute atomic E-state index is 6.12. The molecular weight excluding hydrogens is 236 g/mol. The van der Waals surface area contributed by atoms with E-state index in [0.717, 1.165) is 23.6 Å². The van der Waals surface area contributed by atoms with Gasteiger partial charge in [0.1, 0.15) is 5.82 Å². The fourth-order valence-electron chi connectivity index (χ4n) is 1.58. The first-order valence-electron chi connectivity index (χ1n) is 5.57. The lowest BCUT2D eigenvalue weighted by atomic mass is 10.3. The van der Waals surface area contributed by atoms with E-state index in [2.05, 4.69) is 15.4 Å². The topological polar surface area (TPSA) is 42.7 Å². The van der Waals surface area contributed by atoms with Crippen molar-refractivity contribution in [1.82, 2.24) is 14.8 Å². The first-order valence-corrected chi connectivity index (χ1v) is 5.95. The molecule has 17 heavy (non-hydrogen) atoms. The van der Waals surface area contributed by atoms with Gasteiger partial charge in [0.25, 0.3) is 0 Å². The molecule has 2 aromatic rings. The summed E-state index contributed by atoms with van der Waals surface area (Å²) in [7, 11) is 0. The molecular formula is C12H15ClN4. The van der Waals surface area contributed by atoms with E-state index in [1.54, 1.807) is 0 Å². The molecule has 0 bridgehead atoms. The van der Waals surface area contributed by atoms with Gasteiger partial charge >= 0.3 is 0 Å². The SMILES string of the molecule is CCNc1ccc(Cl)c(Cn2cc(C)cn2)n1. The minimum atomic E-state index is 0.589. The Morgan fingerprint density at radius 1 is 1.41 bits per heavy atom. The minimum absolute atomic E-state index is 0.589. The number of nitrogens with zero attached hydrogens (tertiary/aromatic N) is 3. The van der Waals surface area contributed by atoms with Gasteiger partial charge in [-0.2, -0.15) is 5.10 Å². The van der Waals surface area contributed by atoms with Gasteiger partial charge in [-0.3, -0.25) is 4.68 Å². The van der Waals surface area contributed by atoms with Crippen molar-refractivity contribution in [2.24, 2.45) is 0 Å². The number of pyridine rings is 1. The Kier molecular flexibility index (Phi) is 3.64. The average Bonchev–Trinajstić information content (AvgIpc) is 2.69. The number of rotatable bonds is 4. The predicted molar refractivity (Wildman–Crippen MR) is 69.5 cm³/mol. The highest BCUT2D eigenvalue weighted by Gasteiger charge is 2.05. The number of halogens is 1. The van der Waals surface area contributed by atoms with Gasteiger partial charge in [0.2, 0.25) is 0 Å². The fourth-order valence-corrected chi connectivity index (χ4v) is 1.75. The number of hydrogen-bond donors (Lipinski definition) is 1. The average molecular weight is 251 g/mol. The summed E-state index contributed by atoms with van der Waals surface area (Å²) >= 11 is 6.12. The molecule has 1 N–H and O–H groups in total. The molecule has 0 aliphatic carbocycles. The van der Waals surface area contributed by atoms with E-state index < -0.39 is 0 Å². The molecule has 2 heterocycles. The van der Waals surface area contributed by atoms with Crippen LogP contribution in [0.25, 0.3) is 0 Å². The Bertz CT molecular complexity index is 507. The highest BCUT2D eigenvalue weighted by atomic mass is 35.5. The first kappa shape index (κ1) is 11.9. The Balaban J connectivity index is 2.22. The molecule has 0 amide bonds. The molecule has 0 aromatic carbocycles. The van der Waals surface area contributed by atoms with E-state index in [-0.39, 0.29) is 0 Å². The summed E-state index contributed by atoms with van der Waals surface area (Å²) in [5.41, 5.74) is 1.96. The summed E-state index contributed by atoms with van der Waals surface area (Å²) in [4.78, 5) is 4.46. The number of anilines is 1. The van der Waals surface area contributed by atoms with E-state index in [4.69, 9.17) is 11.6 Å². The van der Waals surface area contributed by atoms with Gasteiger partial charge in [-0.15, -0.1) is 0 Å². The van der Waals surface area contributed by atoms with Crippen LogP contribution in [0.1, 0.15) is 18.2 Å². The molecule has 0 unspecified atom stereocenters. The third-order valence-corrected chi connectivity index (χ3v) is 2.69. The van der Waals surface area contributed by atoms with E-state index in [0.29, 0.717) is 11.6 Å². The third-order valence-electron chi connectivity index (χ3n) is 2.35. The second-order valence-corrected chi connectivity index (χ2v) is 4.28. The molecule has 0 aliphatic rings. The van der Waals surface area contributed by atoms with Crippen molar-refractivity contribution in [3.05, 3.63) is 40.8 Å². The van der Waals surface area contributed by atoms with E-state index >= 15 is 0 Å². The molecule has 0 atom stereocenters. The molecule has 0 radical (unpaired) electrons. The molecule has 0 aliphatic heterocycles. The molecule has 90 valence electrons. The van der Waals surface area contributed by atoms with Gasteiger partial charge < -0.3 is 5.32 Å². The van der Waals surface area contributed by atoms with Crippen molar-refractivity contribution in [2.45, 2.75) is 20.4 Å². The number of aryl methyl sites for hydroxylation is 1. The van der Waals surface area contributed by atoms with Crippen LogP contribution in [0, 0.1) is 6.92 Å². The summed E-state index contributed by atoms with van der Waals surface area (Å²) in [5, 5.41) is 8.06. The molecule has 0 fully saturated rings. The quantitative estimate of drug-likeness (QED) is 0.907. The van der Waals surface area contributed by atoms with Crippen LogP contribution in [0.5, 0.6) is 0 Å². The number of nitrogens with one attached hydrogen (secondary N) is 1. The zero-order valence-corrected chi connectivity index (χ0v) is 10.7. The van der Waals surface area contributed by atoms with Crippen LogP contribution in [0.4, 0.5) is 5.82 Å². The van der Waals surface area contributed by atoms with Crippen molar-refractivity contribution < 1.29 is 0 Å². The summed E-state index contributed by atoms with van der Waals surface area (Å²) in [6, 6.07) is 3.74. The highest BCUT2D eigenvalue weighted by Crippen LogP contribution is 2.17. The Labute approximate surface area is 106 Å². The summed E-state index contributed by atoms with van der Waals surface area (Å²) < 4.78 is 1.83. The monoisotopic (exact) mass is 250 g/mol. The van der Waals surface area contributed by atoms with Gasteiger partial charge in [0.15, 0.2) is 0 Å². The second kappa shape index (κ2) is 5.19. The van der Waals surface area contributed by atoms with Crippen LogP contribution in [0.2, 0.25) is 5.02 Å². The normalized spacial score (nSPS) is 10.5. The third kappa shape index (κ3) is 2.97. The molecule has 0 spiro atoms. The molecule has 2 rings (SSSR count). The lowest BCUT2D eigenvalue weighted by Crippen LogP contribution is -2.06. The summed E-state index contributed by atoms with van der Waals surface area (Å²) in [6.07, 6.45) is 3.79. The Morgan fingerprint density at radius 2 is 2.24 bits per heavy atom. The van der Waals surface area contributed by atoms with Crippen molar-refractivity contribution in [1.29, 1.82) is 0 Å². The van der Waals surface area contributed by atoms with E-state index in [1.807, 2.05) is 43.1 Å². The standard InChI is InChI=1S/C12H15ClN4/c1-3-14-12-5-4-10(13)11(16-12)8-17-7-9(2)6-15-17/h4-7H,3,8H2,1-2H3,(H,14,16). The van der Waals surface area contributed by atoms with Gasteiger partial charge in [0.05, 0.1) is 23.5 Å². The highest BCUT2D eigenvalue weighted by molar-refractivity contribution is 6.31. The van der Waals surface area contributed by atoms with Gasteiger partial charge in [-0.25, -0.2) is 4.98 Å². The predicted octanol–water partition coefficient (Wildman–Crippen LogP) is 2.72. The largest absolute Gasteiger partial charge is 0.370 e. The summed E-state index contributed by atoms with van der Waals surface area (Å²) in [6.45, 7) is 5.47. The first-order chi connectivity index (χ1) is 8.19. The number of aromatic nitrogens is 3. The maximum atomic E-state index is 6.12. The van der Waals surface area contributed by atoms with Gasteiger partial charge in [-0.1, -0.05) is 11.6 Å². The lowest BCUT2D eigenvalue weighted by molar-refractivity contribution is 0.673. The number of hydrogen-bond acceptors (Lipinski definition) is 3. The van der Waals surface area contributed by atoms with Gasteiger partial charge in [-0.05, 0) is 31.5 Å². The van der Waals surface area contributed by atoms with Crippen LogP contribution in [0.3, 0.4) is 0 Å². The lowest BCUT2D eigenvalue weighted by Gasteiger charge is -2.07. The van der Waals surface area contributed by atoms with E-state index in [1.165, 1.54) is 0 Å². The molecule has 0 saturated carbocycles. The van der Waals surface area contributed by atoms with Crippen LogP contribution in [-0.4, -0.2) is 21.3 Å². The zero-order valence-electron chi connectivity index (χ0n) is 9.94. The van der Waals surface area contributed by atoms with Crippen molar-refractivity contribution >= 4 is 17.4 Å². The fraction of sp³-hybridized carbons (Fsp3) is 0.333. The molecule has 2 aromatic heterocycles. The van der Waals surface area contributed by atoms with Crippen molar-refractivity contribution in [3.63, 3.8) is 0 Å². The molecule has 4 nitrogen and oxygen atoms in total. The van der Waals surface area contributed by atoms with Crippen molar-refractivity contribution in [3.8, 4) is 0 Å². The Hall–Kier alpha value is -1.55. The smallest absolute Gasteiger partial charge is 0.126 e. The zero-order chi connectivity index (χ0) is 12.3. The van der Waals surface area contributed by atoms with E-state index in [9.17, 15) is 0 Å². The van der Waals surface area contributed by atoms with Crippen molar-refractivity contribution in [2.75, 3.05) is 11.9 Å². The van der Waals surface area contributed by atoms with Crippen LogP contribution in [-0.2, 0) is 6.54 Å². The van der Waals surface area contributed by atoms with Crippen LogP contribution < -0.4 is 5.32 Å². The Morgan fingerprint density at radius 3 is 2.88 bits per heavy atom. The van der Waals surface area contributed by atoms with Gasteiger partial charge in [0, 0.05) is 12.7 Å². The molecule has 0 saturated heterocycles.